The number of rotatable bonds is 5. The first-order valence-electron chi connectivity index (χ1n) is 6.33. The Balaban J connectivity index is 1.87. The van der Waals surface area contributed by atoms with Crippen molar-refractivity contribution in [2.24, 2.45) is 5.73 Å². The second-order valence-corrected chi connectivity index (χ2v) is 4.51. The van der Waals surface area contributed by atoms with E-state index < -0.39 is 0 Å². The van der Waals surface area contributed by atoms with Gasteiger partial charge in [0.15, 0.2) is 12.4 Å². The Morgan fingerprint density at radius 3 is 2.60 bits per heavy atom. The van der Waals surface area contributed by atoms with E-state index in [2.05, 4.69) is 15.5 Å². The highest BCUT2D eigenvalue weighted by molar-refractivity contribution is 5.91. The molecule has 1 aromatic heterocycles. The van der Waals surface area contributed by atoms with Crippen molar-refractivity contribution in [2.45, 2.75) is 20.4 Å². The standard InChI is InChI=1S/C14H18N4O2/c1-9-10(2)17-18-14(9)16-13(19)8-20-12-5-3-11(7-15)4-6-12/h3-6H,7-8,15H2,1-2H3,(H2,16,17,18,19). The summed E-state index contributed by atoms with van der Waals surface area (Å²) in [4.78, 5) is 11.8. The summed E-state index contributed by atoms with van der Waals surface area (Å²) >= 11 is 0. The molecule has 2 aromatic rings. The van der Waals surface area contributed by atoms with Crippen molar-refractivity contribution in [1.82, 2.24) is 10.2 Å². The number of ether oxygens (including phenoxy) is 1. The molecule has 6 nitrogen and oxygen atoms in total. The lowest BCUT2D eigenvalue weighted by molar-refractivity contribution is -0.118. The van der Waals surface area contributed by atoms with E-state index in [1.54, 1.807) is 12.1 Å². The summed E-state index contributed by atoms with van der Waals surface area (Å²) in [6, 6.07) is 7.32. The highest BCUT2D eigenvalue weighted by Gasteiger charge is 2.09. The van der Waals surface area contributed by atoms with Crippen molar-refractivity contribution in [2.75, 3.05) is 11.9 Å². The van der Waals surface area contributed by atoms with E-state index >= 15 is 0 Å². The maximum Gasteiger partial charge on any atom is 0.263 e. The second-order valence-electron chi connectivity index (χ2n) is 4.51. The SMILES string of the molecule is Cc1[nH]nc(NC(=O)COc2ccc(CN)cc2)c1C. The van der Waals surface area contributed by atoms with Gasteiger partial charge in [-0.05, 0) is 31.5 Å². The van der Waals surface area contributed by atoms with Gasteiger partial charge >= 0.3 is 0 Å². The molecule has 0 saturated carbocycles. The summed E-state index contributed by atoms with van der Waals surface area (Å²) in [5, 5.41) is 9.52. The number of nitrogens with zero attached hydrogens (tertiary/aromatic N) is 1. The molecule has 0 aliphatic rings. The van der Waals surface area contributed by atoms with E-state index in [4.69, 9.17) is 10.5 Å². The van der Waals surface area contributed by atoms with Gasteiger partial charge in [-0.3, -0.25) is 9.89 Å². The molecule has 4 N–H and O–H groups in total. The van der Waals surface area contributed by atoms with Crippen LogP contribution in [0, 0.1) is 13.8 Å². The zero-order valence-corrected chi connectivity index (χ0v) is 11.6. The van der Waals surface area contributed by atoms with Crippen molar-refractivity contribution in [3.8, 4) is 5.75 Å². The first-order valence-corrected chi connectivity index (χ1v) is 6.33. The van der Waals surface area contributed by atoms with Gasteiger partial charge in [0.05, 0.1) is 0 Å². The first kappa shape index (κ1) is 14.1. The number of aromatic nitrogens is 2. The largest absolute Gasteiger partial charge is 0.484 e. The van der Waals surface area contributed by atoms with Gasteiger partial charge in [-0.1, -0.05) is 12.1 Å². The van der Waals surface area contributed by atoms with Crippen LogP contribution in [0.2, 0.25) is 0 Å². The third kappa shape index (κ3) is 3.36. The van der Waals surface area contributed by atoms with E-state index in [0.29, 0.717) is 18.1 Å². The van der Waals surface area contributed by atoms with Crippen LogP contribution in [0.4, 0.5) is 5.82 Å². The molecule has 0 aliphatic heterocycles. The Morgan fingerprint density at radius 2 is 2.05 bits per heavy atom. The third-order valence-electron chi connectivity index (χ3n) is 3.04. The fourth-order valence-electron chi connectivity index (χ4n) is 1.65. The Morgan fingerprint density at radius 1 is 1.35 bits per heavy atom. The molecule has 0 saturated heterocycles. The molecular formula is C14H18N4O2. The number of nitrogens with two attached hydrogens (primary N) is 1. The molecule has 1 aromatic carbocycles. The van der Waals surface area contributed by atoms with Gasteiger partial charge in [0, 0.05) is 17.8 Å². The van der Waals surface area contributed by atoms with Crippen LogP contribution in [-0.4, -0.2) is 22.7 Å². The summed E-state index contributed by atoms with van der Waals surface area (Å²) in [6.07, 6.45) is 0. The minimum atomic E-state index is -0.248. The van der Waals surface area contributed by atoms with Crippen LogP contribution in [0.15, 0.2) is 24.3 Å². The predicted octanol–water partition coefficient (Wildman–Crippen LogP) is 1.50. The topological polar surface area (TPSA) is 93.0 Å². The van der Waals surface area contributed by atoms with E-state index in [-0.39, 0.29) is 12.5 Å². The fraction of sp³-hybridized carbons (Fsp3) is 0.286. The molecule has 2 rings (SSSR count). The quantitative estimate of drug-likeness (QED) is 0.770. The molecule has 0 atom stereocenters. The third-order valence-corrected chi connectivity index (χ3v) is 3.04. The van der Waals surface area contributed by atoms with Crippen LogP contribution >= 0.6 is 0 Å². The smallest absolute Gasteiger partial charge is 0.263 e. The van der Waals surface area contributed by atoms with Gasteiger partial charge in [0.2, 0.25) is 0 Å². The normalized spacial score (nSPS) is 10.3. The molecule has 0 unspecified atom stereocenters. The van der Waals surface area contributed by atoms with E-state index in [1.165, 1.54) is 0 Å². The second kappa shape index (κ2) is 6.21. The minimum Gasteiger partial charge on any atom is -0.484 e. The Bertz CT molecular complexity index is 590. The fourth-order valence-corrected chi connectivity index (χ4v) is 1.65. The van der Waals surface area contributed by atoms with Crippen LogP contribution < -0.4 is 15.8 Å². The number of carbonyl (C=O) groups excluding carboxylic acids is 1. The lowest BCUT2D eigenvalue weighted by Crippen LogP contribution is -2.20. The Labute approximate surface area is 117 Å². The summed E-state index contributed by atoms with van der Waals surface area (Å²) < 4.78 is 5.40. The lowest BCUT2D eigenvalue weighted by atomic mass is 10.2. The van der Waals surface area contributed by atoms with Crippen molar-refractivity contribution in [1.29, 1.82) is 0 Å². The van der Waals surface area contributed by atoms with Gasteiger partial charge in [-0.15, -0.1) is 0 Å². The number of benzene rings is 1. The minimum absolute atomic E-state index is 0.0622. The number of carbonyl (C=O) groups is 1. The molecule has 20 heavy (non-hydrogen) atoms. The van der Waals surface area contributed by atoms with Crippen molar-refractivity contribution >= 4 is 11.7 Å². The van der Waals surface area contributed by atoms with Gasteiger partial charge in [-0.2, -0.15) is 5.10 Å². The van der Waals surface area contributed by atoms with Crippen molar-refractivity contribution in [3.63, 3.8) is 0 Å². The number of anilines is 1. The molecule has 0 bridgehead atoms. The van der Waals surface area contributed by atoms with Crippen LogP contribution in [-0.2, 0) is 11.3 Å². The summed E-state index contributed by atoms with van der Waals surface area (Å²) in [7, 11) is 0. The molecule has 1 heterocycles. The van der Waals surface area contributed by atoms with Crippen molar-refractivity contribution in [3.05, 3.63) is 41.1 Å². The van der Waals surface area contributed by atoms with Crippen LogP contribution in [0.25, 0.3) is 0 Å². The zero-order valence-electron chi connectivity index (χ0n) is 11.6. The first-order chi connectivity index (χ1) is 9.60. The van der Waals surface area contributed by atoms with Gasteiger partial charge in [0.1, 0.15) is 5.75 Å². The highest BCUT2D eigenvalue weighted by Crippen LogP contribution is 2.14. The highest BCUT2D eigenvalue weighted by atomic mass is 16.5. The number of hydrogen-bond acceptors (Lipinski definition) is 4. The van der Waals surface area contributed by atoms with E-state index in [9.17, 15) is 4.79 Å². The lowest BCUT2D eigenvalue weighted by Gasteiger charge is -2.07. The number of aromatic amines is 1. The number of amides is 1. The summed E-state index contributed by atoms with van der Waals surface area (Å²) in [6.45, 7) is 4.21. The van der Waals surface area contributed by atoms with Gasteiger partial charge in [0.25, 0.3) is 5.91 Å². The maximum absolute atomic E-state index is 11.8. The molecule has 0 aliphatic carbocycles. The summed E-state index contributed by atoms with van der Waals surface area (Å²) in [5.41, 5.74) is 8.38. The molecule has 0 spiro atoms. The van der Waals surface area contributed by atoms with Crippen LogP contribution in [0.5, 0.6) is 5.75 Å². The summed E-state index contributed by atoms with van der Waals surface area (Å²) in [5.74, 6) is 0.921. The maximum atomic E-state index is 11.8. The monoisotopic (exact) mass is 274 g/mol. The molecule has 0 radical (unpaired) electrons. The average Bonchev–Trinajstić information content (AvgIpc) is 2.78. The molecule has 1 amide bonds. The molecule has 106 valence electrons. The van der Waals surface area contributed by atoms with E-state index in [1.807, 2.05) is 26.0 Å². The van der Waals surface area contributed by atoms with Gasteiger partial charge < -0.3 is 15.8 Å². The average molecular weight is 274 g/mol. The number of nitrogens with one attached hydrogen (secondary N) is 2. The Kier molecular flexibility index (Phi) is 4.37. The Hall–Kier alpha value is -2.34. The van der Waals surface area contributed by atoms with Crippen LogP contribution in [0.1, 0.15) is 16.8 Å². The molecule has 0 fully saturated rings. The zero-order chi connectivity index (χ0) is 14.5. The van der Waals surface area contributed by atoms with Gasteiger partial charge in [-0.25, -0.2) is 0 Å². The van der Waals surface area contributed by atoms with E-state index in [0.717, 1.165) is 16.8 Å². The number of H-pyrrole nitrogens is 1. The number of hydrogen-bond donors (Lipinski definition) is 3. The van der Waals surface area contributed by atoms with Crippen molar-refractivity contribution < 1.29 is 9.53 Å². The van der Waals surface area contributed by atoms with Crippen LogP contribution in [0.3, 0.4) is 0 Å². The molecular weight excluding hydrogens is 256 g/mol. The number of aryl methyl sites for hydroxylation is 1. The predicted molar refractivity (Wildman–Crippen MR) is 76.5 cm³/mol. The molecule has 6 heteroatoms.